The van der Waals surface area contributed by atoms with Gasteiger partial charge in [0.25, 0.3) is 0 Å². The van der Waals surface area contributed by atoms with E-state index in [-0.39, 0.29) is 32.0 Å². The second-order valence-electron chi connectivity index (χ2n) is 13.8. The number of rotatable bonds is 17. The van der Waals surface area contributed by atoms with E-state index in [1.54, 1.807) is 24.4 Å². The van der Waals surface area contributed by atoms with Gasteiger partial charge in [-0.25, -0.2) is 0 Å². The van der Waals surface area contributed by atoms with Crippen molar-refractivity contribution in [1.82, 2.24) is 15.2 Å². The number of pyridine rings is 1. The standard InChI is InChI=1S/C41H47ClN4O7/c1-26(11-13-46-14-12-33(48)22-46)53-37-10-6-9-35(28(37)3)34-8-5-7-31(27(34)2)24-52-39-17-38(51-23-30-15-29(18-43)19-44-20-30)32(16-36(39)42)21-45-41(4,25-47)40(49)50/h5-10,15-17,19-20,26,33,45,47-48H,11-14,21-25H2,1-4H3,(H,49,50)/t26-,33-,41?/m1/s1. The fourth-order valence-electron chi connectivity index (χ4n) is 6.21. The molecule has 0 spiro atoms. The maximum Gasteiger partial charge on any atom is 0.326 e. The summed E-state index contributed by atoms with van der Waals surface area (Å²) < 4.78 is 18.9. The summed E-state index contributed by atoms with van der Waals surface area (Å²) >= 11 is 6.74. The van der Waals surface area contributed by atoms with E-state index in [0.717, 1.165) is 66.0 Å². The first-order chi connectivity index (χ1) is 25.4. The van der Waals surface area contributed by atoms with Crippen LogP contribution in [0.1, 0.15) is 60.1 Å². The Morgan fingerprint density at radius 3 is 2.49 bits per heavy atom. The lowest BCUT2D eigenvalue weighted by molar-refractivity contribution is -0.145. The highest BCUT2D eigenvalue weighted by molar-refractivity contribution is 6.32. The number of carbonyl (C=O) groups is 1. The number of halogens is 1. The molecule has 11 nitrogen and oxygen atoms in total. The minimum absolute atomic E-state index is 0.0130. The maximum atomic E-state index is 11.8. The van der Waals surface area contributed by atoms with E-state index in [2.05, 4.69) is 54.2 Å². The molecule has 1 aliphatic rings. The Bertz CT molecular complexity index is 1950. The van der Waals surface area contributed by atoms with Gasteiger partial charge < -0.3 is 34.4 Å². The smallest absolute Gasteiger partial charge is 0.326 e. The monoisotopic (exact) mass is 742 g/mol. The molecule has 0 amide bonds. The molecule has 4 N–H and O–H groups in total. The van der Waals surface area contributed by atoms with Gasteiger partial charge in [-0.05, 0) is 86.6 Å². The number of carboxylic acid groups (broad SMARTS) is 1. The molecule has 1 fully saturated rings. The molecular formula is C41H47ClN4O7. The van der Waals surface area contributed by atoms with Gasteiger partial charge in [-0.1, -0.05) is 41.9 Å². The fourth-order valence-corrected chi connectivity index (χ4v) is 6.45. The van der Waals surface area contributed by atoms with Gasteiger partial charge in [-0.3, -0.25) is 15.1 Å². The lowest BCUT2D eigenvalue weighted by atomic mass is 9.93. The number of carboxylic acids is 1. The highest BCUT2D eigenvalue weighted by Crippen LogP contribution is 2.37. The topological polar surface area (TPSA) is 157 Å². The van der Waals surface area contributed by atoms with Gasteiger partial charge >= 0.3 is 5.97 Å². The van der Waals surface area contributed by atoms with Crippen molar-refractivity contribution in [2.75, 3.05) is 26.2 Å². The van der Waals surface area contributed by atoms with Crippen molar-refractivity contribution < 1.29 is 34.3 Å². The Morgan fingerprint density at radius 2 is 1.79 bits per heavy atom. The number of β-amino-alcohol motifs (C(OH)–C–C–N with tert-alkyl or cyclic N) is 1. The summed E-state index contributed by atoms with van der Waals surface area (Å²) in [5, 5.41) is 41.7. The van der Waals surface area contributed by atoms with Crippen LogP contribution in [0.15, 0.2) is 67.0 Å². The van der Waals surface area contributed by atoms with E-state index in [9.17, 15) is 25.4 Å². The Hall–Kier alpha value is -4.70. The summed E-state index contributed by atoms with van der Waals surface area (Å²) in [5.74, 6) is 0.384. The molecule has 4 aromatic rings. The number of aliphatic hydroxyl groups excluding tert-OH is 2. The minimum atomic E-state index is -1.59. The van der Waals surface area contributed by atoms with Gasteiger partial charge in [0.2, 0.25) is 0 Å². The number of benzene rings is 3. The summed E-state index contributed by atoms with van der Waals surface area (Å²) in [5.41, 5.74) is 5.19. The van der Waals surface area contributed by atoms with Gasteiger partial charge in [0, 0.05) is 55.8 Å². The molecule has 2 heterocycles. The summed E-state index contributed by atoms with van der Waals surface area (Å²) in [7, 11) is 0. The lowest BCUT2D eigenvalue weighted by Gasteiger charge is -2.25. The van der Waals surface area contributed by atoms with Gasteiger partial charge in [0.05, 0.1) is 29.4 Å². The second kappa shape index (κ2) is 17.9. The number of nitrogens with one attached hydrogen (secondary N) is 1. The molecule has 1 aliphatic heterocycles. The van der Waals surface area contributed by atoms with Crippen LogP contribution in [-0.2, 0) is 24.6 Å². The summed E-state index contributed by atoms with van der Waals surface area (Å²) in [4.78, 5) is 18.2. The van der Waals surface area contributed by atoms with Gasteiger partial charge in [0.1, 0.15) is 42.1 Å². The predicted molar refractivity (Wildman–Crippen MR) is 202 cm³/mol. The number of aliphatic carboxylic acids is 1. The molecule has 0 bridgehead atoms. The molecular weight excluding hydrogens is 696 g/mol. The van der Waals surface area contributed by atoms with Gasteiger partial charge in [-0.15, -0.1) is 0 Å². The van der Waals surface area contributed by atoms with E-state index >= 15 is 0 Å². The fraction of sp³-hybridized carbons (Fsp3) is 0.390. The number of likely N-dealkylation sites (tertiary alicyclic amines) is 1. The minimum Gasteiger partial charge on any atom is -0.490 e. The van der Waals surface area contributed by atoms with Crippen molar-refractivity contribution in [3.05, 3.63) is 105 Å². The predicted octanol–water partition coefficient (Wildman–Crippen LogP) is 6.20. The first-order valence-electron chi connectivity index (χ1n) is 17.7. The molecule has 12 heteroatoms. The van der Waals surface area contributed by atoms with Gasteiger partial charge in [-0.2, -0.15) is 5.26 Å². The number of nitrogens with zero attached hydrogens (tertiary/aromatic N) is 3. The molecule has 3 atom stereocenters. The normalized spacial score (nSPS) is 16.1. The third kappa shape index (κ3) is 10.0. The van der Waals surface area contributed by atoms with Crippen LogP contribution >= 0.6 is 11.6 Å². The van der Waals surface area contributed by atoms with Gasteiger partial charge in [0.15, 0.2) is 0 Å². The molecule has 3 aromatic carbocycles. The van der Waals surface area contributed by atoms with E-state index < -0.39 is 18.1 Å². The molecule has 1 unspecified atom stereocenters. The highest BCUT2D eigenvalue weighted by Gasteiger charge is 2.32. The van der Waals surface area contributed by atoms with Crippen molar-refractivity contribution in [2.24, 2.45) is 0 Å². The van der Waals surface area contributed by atoms with Crippen molar-refractivity contribution in [3.63, 3.8) is 0 Å². The van der Waals surface area contributed by atoms with E-state index in [1.165, 1.54) is 13.1 Å². The summed E-state index contributed by atoms with van der Waals surface area (Å²) in [6.07, 6.45) is 4.54. The molecule has 280 valence electrons. The molecule has 0 radical (unpaired) electrons. The number of hydrogen-bond acceptors (Lipinski definition) is 10. The van der Waals surface area contributed by atoms with Crippen molar-refractivity contribution in [1.29, 1.82) is 5.26 Å². The average Bonchev–Trinajstić information content (AvgIpc) is 3.58. The third-order valence-corrected chi connectivity index (χ3v) is 10.0. The highest BCUT2D eigenvalue weighted by atomic mass is 35.5. The Kier molecular flexibility index (Phi) is 13.3. The molecule has 1 saturated heterocycles. The maximum absolute atomic E-state index is 11.8. The summed E-state index contributed by atoms with van der Waals surface area (Å²) in [6.45, 7) is 9.82. The zero-order chi connectivity index (χ0) is 38.1. The first kappa shape index (κ1) is 39.5. The van der Waals surface area contributed by atoms with Crippen LogP contribution < -0.4 is 19.5 Å². The van der Waals surface area contributed by atoms with Crippen LogP contribution in [0, 0.1) is 25.2 Å². The molecule has 1 aromatic heterocycles. The Balaban J connectivity index is 1.33. The lowest BCUT2D eigenvalue weighted by Crippen LogP contribution is -2.52. The third-order valence-electron chi connectivity index (χ3n) is 9.72. The van der Waals surface area contributed by atoms with E-state index in [4.69, 9.17) is 25.8 Å². The molecule has 53 heavy (non-hydrogen) atoms. The van der Waals surface area contributed by atoms with Crippen LogP contribution in [0.5, 0.6) is 17.2 Å². The van der Waals surface area contributed by atoms with Crippen molar-refractivity contribution >= 4 is 17.6 Å². The quantitative estimate of drug-likeness (QED) is 0.0977. The van der Waals surface area contributed by atoms with Crippen molar-refractivity contribution in [2.45, 2.75) is 78.0 Å². The number of aromatic nitrogens is 1. The van der Waals surface area contributed by atoms with Crippen LogP contribution in [-0.4, -0.2) is 75.2 Å². The second-order valence-corrected chi connectivity index (χ2v) is 14.2. The largest absolute Gasteiger partial charge is 0.490 e. The molecule has 5 rings (SSSR count). The van der Waals surface area contributed by atoms with Crippen LogP contribution in [0.2, 0.25) is 5.02 Å². The van der Waals surface area contributed by atoms with E-state index in [0.29, 0.717) is 33.2 Å². The molecule has 0 aliphatic carbocycles. The number of aliphatic hydroxyl groups is 2. The van der Waals surface area contributed by atoms with Crippen LogP contribution in [0.25, 0.3) is 11.1 Å². The summed E-state index contributed by atoms with van der Waals surface area (Å²) in [6, 6.07) is 19.2. The van der Waals surface area contributed by atoms with Crippen LogP contribution in [0.4, 0.5) is 0 Å². The SMILES string of the molecule is Cc1c(COc2cc(OCc3cncc(C#N)c3)c(CNC(C)(CO)C(=O)O)cc2Cl)cccc1-c1cccc(O[C@H](C)CCN2CC[C@@H](O)C2)c1C. The average molecular weight is 743 g/mol. The number of hydrogen-bond donors (Lipinski definition) is 4. The Morgan fingerprint density at radius 1 is 1.06 bits per heavy atom. The zero-order valence-electron chi connectivity index (χ0n) is 30.6. The number of nitriles is 1. The Labute approximate surface area is 315 Å². The van der Waals surface area contributed by atoms with Crippen LogP contribution in [0.3, 0.4) is 0 Å². The zero-order valence-corrected chi connectivity index (χ0v) is 31.3. The van der Waals surface area contributed by atoms with E-state index in [1.807, 2.05) is 24.3 Å². The molecule has 0 saturated carbocycles. The number of ether oxygens (including phenoxy) is 3. The first-order valence-corrected chi connectivity index (χ1v) is 18.1. The van der Waals surface area contributed by atoms with Crippen molar-refractivity contribution in [3.8, 4) is 34.4 Å².